The van der Waals surface area contributed by atoms with E-state index in [1.807, 2.05) is 24.3 Å². The smallest absolute Gasteiger partial charge is 0.293 e. The number of para-hydroxylation sites is 1. The van der Waals surface area contributed by atoms with Gasteiger partial charge in [-0.25, -0.2) is 0 Å². The normalized spacial score (nSPS) is 14.7. The van der Waals surface area contributed by atoms with E-state index >= 15 is 0 Å². The Kier molecular flexibility index (Phi) is 7.18. The van der Waals surface area contributed by atoms with Gasteiger partial charge in [-0.15, -0.1) is 0 Å². The highest BCUT2D eigenvalue weighted by Crippen LogP contribution is 2.34. The largest absolute Gasteiger partial charge is 0.488 e. The van der Waals surface area contributed by atoms with Crippen molar-refractivity contribution in [2.45, 2.75) is 6.61 Å². The van der Waals surface area contributed by atoms with Gasteiger partial charge in [-0.1, -0.05) is 53.5 Å². The summed E-state index contributed by atoms with van der Waals surface area (Å²) in [6.07, 6.45) is 1.61. The molecule has 3 aromatic carbocycles. The first-order chi connectivity index (χ1) is 15.9. The lowest BCUT2D eigenvalue weighted by molar-refractivity contribution is -0.122. The van der Waals surface area contributed by atoms with E-state index in [0.29, 0.717) is 33.5 Å². The molecule has 0 aliphatic carbocycles. The lowest BCUT2D eigenvalue weighted by atomic mass is 10.1. The van der Waals surface area contributed by atoms with E-state index < -0.39 is 11.1 Å². The summed E-state index contributed by atoms with van der Waals surface area (Å²) in [5.74, 6) is -0.293. The van der Waals surface area contributed by atoms with Crippen molar-refractivity contribution < 1.29 is 19.1 Å². The first kappa shape index (κ1) is 23.1. The van der Waals surface area contributed by atoms with Crippen LogP contribution in [0.3, 0.4) is 0 Å². The number of ether oxygens (including phenoxy) is 1. The first-order valence-corrected chi connectivity index (χ1v) is 11.5. The van der Waals surface area contributed by atoms with E-state index in [1.165, 1.54) is 0 Å². The van der Waals surface area contributed by atoms with E-state index in [4.69, 9.17) is 27.9 Å². The predicted octanol–water partition coefficient (Wildman–Crippen LogP) is 6.49. The zero-order valence-corrected chi connectivity index (χ0v) is 19.5. The summed E-state index contributed by atoms with van der Waals surface area (Å²) < 4.78 is 5.92. The van der Waals surface area contributed by atoms with Crippen LogP contribution in [0.15, 0.2) is 77.7 Å². The molecule has 4 rings (SSSR count). The first-order valence-electron chi connectivity index (χ1n) is 9.91. The maximum absolute atomic E-state index is 12.9. The summed E-state index contributed by atoms with van der Waals surface area (Å²) in [4.78, 5) is 39.0. The van der Waals surface area contributed by atoms with Crippen LogP contribution in [0.1, 0.15) is 21.5 Å². The van der Waals surface area contributed by atoms with Crippen molar-refractivity contribution in [2.75, 3.05) is 6.54 Å². The summed E-state index contributed by atoms with van der Waals surface area (Å²) in [5.41, 5.74) is 1.97. The molecule has 3 aromatic rings. The molecular weight excluding hydrogens is 481 g/mol. The number of hydrogen-bond donors (Lipinski definition) is 0. The highest BCUT2D eigenvalue weighted by molar-refractivity contribution is 8.18. The molecule has 1 saturated heterocycles. The SMILES string of the molecule is O=C(CN1C(=O)S/C(=C/c2ccccc2OCc2ccc(Cl)cc2)C1=O)c1ccc(Cl)cc1. The number of ketones is 1. The van der Waals surface area contributed by atoms with Crippen molar-refractivity contribution in [1.82, 2.24) is 4.90 Å². The fraction of sp³-hybridized carbons (Fsp3) is 0.0800. The minimum atomic E-state index is -0.514. The quantitative estimate of drug-likeness (QED) is 0.275. The molecule has 1 aliphatic heterocycles. The van der Waals surface area contributed by atoms with Crippen LogP contribution in [-0.4, -0.2) is 28.4 Å². The standard InChI is InChI=1S/C25H17Cl2NO4S/c26-19-9-5-16(6-10-19)15-32-22-4-2-1-3-18(22)13-23-24(30)28(25(31)33-23)14-21(29)17-7-11-20(27)12-8-17/h1-13H,14-15H2/b23-13+. The number of thioether (sulfide) groups is 1. The van der Waals surface area contributed by atoms with E-state index in [0.717, 1.165) is 22.2 Å². The summed E-state index contributed by atoms with van der Waals surface area (Å²) in [7, 11) is 0. The molecule has 0 bridgehead atoms. The van der Waals surface area contributed by atoms with Crippen LogP contribution in [0.25, 0.3) is 6.08 Å². The third-order valence-electron chi connectivity index (χ3n) is 4.85. The van der Waals surface area contributed by atoms with Crippen LogP contribution in [0.2, 0.25) is 10.0 Å². The number of amides is 2. The Hall–Kier alpha value is -3.06. The molecule has 0 aromatic heterocycles. The molecular formula is C25H17Cl2NO4S. The predicted molar refractivity (Wildman–Crippen MR) is 131 cm³/mol. The number of carbonyl (C=O) groups is 3. The third-order valence-corrected chi connectivity index (χ3v) is 6.27. The minimum Gasteiger partial charge on any atom is -0.488 e. The minimum absolute atomic E-state index is 0.228. The van der Waals surface area contributed by atoms with Crippen LogP contribution in [0.5, 0.6) is 5.75 Å². The Morgan fingerprint density at radius 2 is 1.55 bits per heavy atom. The Morgan fingerprint density at radius 3 is 2.24 bits per heavy atom. The highest BCUT2D eigenvalue weighted by atomic mass is 35.5. The van der Waals surface area contributed by atoms with Crippen molar-refractivity contribution in [2.24, 2.45) is 0 Å². The van der Waals surface area contributed by atoms with Crippen LogP contribution in [0, 0.1) is 0 Å². The van der Waals surface area contributed by atoms with Gasteiger partial charge in [0.15, 0.2) is 5.78 Å². The Bertz CT molecular complexity index is 1240. The number of halogens is 2. The molecule has 0 atom stereocenters. The van der Waals surface area contributed by atoms with Crippen molar-refractivity contribution >= 4 is 58.0 Å². The Balaban J connectivity index is 1.48. The van der Waals surface area contributed by atoms with Crippen LogP contribution in [0.4, 0.5) is 4.79 Å². The highest BCUT2D eigenvalue weighted by Gasteiger charge is 2.36. The molecule has 0 N–H and O–H groups in total. The second-order valence-corrected chi connectivity index (χ2v) is 9.02. The molecule has 166 valence electrons. The summed E-state index contributed by atoms with van der Waals surface area (Å²) >= 11 is 12.6. The van der Waals surface area contributed by atoms with Crippen molar-refractivity contribution in [1.29, 1.82) is 0 Å². The molecule has 0 saturated carbocycles. The lowest BCUT2D eigenvalue weighted by Gasteiger charge is -2.12. The van der Waals surface area contributed by atoms with Gasteiger partial charge >= 0.3 is 0 Å². The maximum atomic E-state index is 12.9. The molecule has 8 heteroatoms. The monoisotopic (exact) mass is 497 g/mol. The van der Waals surface area contributed by atoms with E-state index in [-0.39, 0.29) is 17.2 Å². The molecule has 1 aliphatic rings. The maximum Gasteiger partial charge on any atom is 0.293 e. The van der Waals surface area contributed by atoms with Gasteiger partial charge in [0, 0.05) is 21.2 Å². The van der Waals surface area contributed by atoms with Crippen LogP contribution < -0.4 is 4.74 Å². The average molecular weight is 498 g/mol. The van der Waals surface area contributed by atoms with Gasteiger partial charge in [-0.05, 0) is 65.9 Å². The van der Waals surface area contributed by atoms with Crippen LogP contribution in [-0.2, 0) is 11.4 Å². The van der Waals surface area contributed by atoms with Gasteiger partial charge in [-0.2, -0.15) is 0 Å². The molecule has 0 unspecified atom stereocenters. The number of rotatable bonds is 7. The zero-order chi connectivity index (χ0) is 23.4. The topological polar surface area (TPSA) is 63.7 Å². The molecule has 0 radical (unpaired) electrons. The summed E-state index contributed by atoms with van der Waals surface area (Å²) in [6, 6.07) is 20.8. The van der Waals surface area contributed by atoms with Gasteiger partial charge in [-0.3, -0.25) is 19.3 Å². The number of Topliss-reactive ketones (excluding diaryl/α,β-unsaturated/α-hetero) is 1. The second kappa shape index (κ2) is 10.3. The number of nitrogens with zero attached hydrogens (tertiary/aromatic N) is 1. The van der Waals surface area contributed by atoms with Crippen molar-refractivity contribution in [3.8, 4) is 5.75 Å². The van der Waals surface area contributed by atoms with E-state index in [2.05, 4.69) is 0 Å². The fourth-order valence-electron chi connectivity index (χ4n) is 3.12. The number of imide groups is 1. The molecule has 1 heterocycles. The van der Waals surface area contributed by atoms with Crippen LogP contribution >= 0.6 is 35.0 Å². The van der Waals surface area contributed by atoms with Gasteiger partial charge in [0.1, 0.15) is 12.4 Å². The molecule has 2 amide bonds. The second-order valence-electron chi connectivity index (χ2n) is 7.15. The fourth-order valence-corrected chi connectivity index (χ4v) is 4.20. The third kappa shape index (κ3) is 5.66. The molecule has 0 spiro atoms. The van der Waals surface area contributed by atoms with E-state index in [1.54, 1.807) is 54.6 Å². The van der Waals surface area contributed by atoms with Gasteiger partial charge < -0.3 is 4.74 Å². The Morgan fingerprint density at radius 1 is 0.909 bits per heavy atom. The lowest BCUT2D eigenvalue weighted by Crippen LogP contribution is -2.33. The number of carbonyl (C=O) groups excluding carboxylic acids is 3. The van der Waals surface area contributed by atoms with Gasteiger partial charge in [0.2, 0.25) is 0 Å². The summed E-state index contributed by atoms with van der Waals surface area (Å²) in [6.45, 7) is -0.0164. The molecule has 1 fully saturated rings. The average Bonchev–Trinajstić information content (AvgIpc) is 3.07. The van der Waals surface area contributed by atoms with Crippen molar-refractivity contribution in [3.05, 3.63) is 104 Å². The van der Waals surface area contributed by atoms with Gasteiger partial charge in [0.05, 0.1) is 11.4 Å². The zero-order valence-electron chi connectivity index (χ0n) is 17.2. The van der Waals surface area contributed by atoms with E-state index in [9.17, 15) is 14.4 Å². The molecule has 5 nitrogen and oxygen atoms in total. The molecule has 33 heavy (non-hydrogen) atoms. The van der Waals surface area contributed by atoms with Crippen molar-refractivity contribution in [3.63, 3.8) is 0 Å². The van der Waals surface area contributed by atoms with Gasteiger partial charge in [0.25, 0.3) is 11.1 Å². The summed E-state index contributed by atoms with van der Waals surface area (Å²) in [5, 5.41) is 0.648. The number of hydrogen-bond acceptors (Lipinski definition) is 5. The Labute approximate surface area is 204 Å². The number of benzene rings is 3.